The highest BCUT2D eigenvalue weighted by Gasteiger charge is 2.09. The van der Waals surface area contributed by atoms with Crippen molar-refractivity contribution in [1.29, 1.82) is 0 Å². The summed E-state index contributed by atoms with van der Waals surface area (Å²) in [4.78, 5) is 30.6. The lowest BCUT2D eigenvalue weighted by Crippen LogP contribution is -2.36. The Kier molecular flexibility index (Phi) is 12.5. The molecular formula is C25H36IN5O2. The molecule has 2 rings (SSSR count). The second kappa shape index (κ2) is 14.5. The number of carbonyl (C=O) groups is 2. The molecule has 0 saturated carbocycles. The molecule has 0 spiro atoms. The zero-order valence-electron chi connectivity index (χ0n) is 20.1. The van der Waals surface area contributed by atoms with Crippen molar-refractivity contribution in [1.82, 2.24) is 20.9 Å². The summed E-state index contributed by atoms with van der Waals surface area (Å²) in [5.74, 6) is 0.612. The summed E-state index contributed by atoms with van der Waals surface area (Å²) >= 11 is 0. The lowest BCUT2D eigenvalue weighted by Gasteiger charge is -2.13. The molecule has 1 atom stereocenters. The van der Waals surface area contributed by atoms with Gasteiger partial charge in [0.2, 0.25) is 0 Å². The van der Waals surface area contributed by atoms with E-state index in [4.69, 9.17) is 0 Å². The van der Waals surface area contributed by atoms with Gasteiger partial charge in [-0.2, -0.15) is 0 Å². The Morgan fingerprint density at radius 2 is 1.67 bits per heavy atom. The van der Waals surface area contributed by atoms with Crippen molar-refractivity contribution in [2.45, 2.75) is 46.3 Å². The summed E-state index contributed by atoms with van der Waals surface area (Å²) in [6, 6.07) is 15.2. The Balaban J connectivity index is 0.00000544. The Labute approximate surface area is 214 Å². The van der Waals surface area contributed by atoms with E-state index in [0.717, 1.165) is 24.1 Å². The number of aliphatic imine (C=N–C) groups is 1. The van der Waals surface area contributed by atoms with Gasteiger partial charge < -0.3 is 20.9 Å². The van der Waals surface area contributed by atoms with Crippen molar-refractivity contribution < 1.29 is 9.59 Å². The van der Waals surface area contributed by atoms with Gasteiger partial charge in [0.05, 0.1) is 6.54 Å². The predicted octanol–water partition coefficient (Wildman–Crippen LogP) is 3.79. The van der Waals surface area contributed by atoms with Crippen molar-refractivity contribution in [3.8, 4) is 0 Å². The molecule has 0 aliphatic rings. The maximum Gasteiger partial charge on any atom is 0.253 e. The highest BCUT2D eigenvalue weighted by molar-refractivity contribution is 14.0. The minimum atomic E-state index is -0.0635. The molecule has 2 amide bonds. The topological polar surface area (TPSA) is 85.8 Å². The number of amides is 2. The van der Waals surface area contributed by atoms with Gasteiger partial charge in [-0.15, -0.1) is 24.0 Å². The average Bonchev–Trinajstić information content (AvgIpc) is 2.80. The average molecular weight is 566 g/mol. The maximum absolute atomic E-state index is 12.4. The number of benzene rings is 2. The van der Waals surface area contributed by atoms with E-state index in [2.05, 4.69) is 20.9 Å². The second-order valence-corrected chi connectivity index (χ2v) is 7.93. The van der Waals surface area contributed by atoms with Crippen LogP contribution in [-0.2, 0) is 13.1 Å². The van der Waals surface area contributed by atoms with E-state index in [1.165, 1.54) is 0 Å². The zero-order chi connectivity index (χ0) is 23.5. The van der Waals surface area contributed by atoms with E-state index >= 15 is 0 Å². The number of hydrogen-bond acceptors (Lipinski definition) is 3. The van der Waals surface area contributed by atoms with Gasteiger partial charge in [0.1, 0.15) is 0 Å². The van der Waals surface area contributed by atoms with E-state index in [1.807, 2.05) is 69.3 Å². The third kappa shape index (κ3) is 9.41. The molecule has 0 heterocycles. The van der Waals surface area contributed by atoms with Crippen LogP contribution < -0.4 is 16.0 Å². The molecule has 0 radical (unpaired) electrons. The minimum absolute atomic E-state index is 0. The van der Waals surface area contributed by atoms with E-state index in [0.29, 0.717) is 30.2 Å². The van der Waals surface area contributed by atoms with Crippen LogP contribution in [0.25, 0.3) is 0 Å². The van der Waals surface area contributed by atoms with Crippen LogP contribution in [0.1, 0.15) is 59.0 Å². The Morgan fingerprint density at radius 1 is 0.970 bits per heavy atom. The largest absolute Gasteiger partial charge is 0.357 e. The fraction of sp³-hybridized carbons (Fsp3) is 0.400. The summed E-state index contributed by atoms with van der Waals surface area (Å²) in [7, 11) is 3.48. The molecular weight excluding hydrogens is 529 g/mol. The van der Waals surface area contributed by atoms with Crippen LogP contribution in [0.2, 0.25) is 0 Å². The molecule has 0 aliphatic carbocycles. The lowest BCUT2D eigenvalue weighted by atomic mass is 10.1. The number of guanidine groups is 1. The zero-order valence-corrected chi connectivity index (χ0v) is 22.5. The first kappa shape index (κ1) is 28.4. The highest BCUT2D eigenvalue weighted by Crippen LogP contribution is 2.09. The molecule has 1 unspecified atom stereocenters. The maximum atomic E-state index is 12.4. The Hall–Kier alpha value is -2.62. The molecule has 180 valence electrons. The second-order valence-electron chi connectivity index (χ2n) is 7.93. The molecule has 33 heavy (non-hydrogen) atoms. The third-order valence-corrected chi connectivity index (χ3v) is 5.01. The van der Waals surface area contributed by atoms with E-state index in [1.54, 1.807) is 19.0 Å². The van der Waals surface area contributed by atoms with Crippen LogP contribution >= 0.6 is 24.0 Å². The molecule has 0 fully saturated rings. The predicted molar refractivity (Wildman–Crippen MR) is 145 cm³/mol. The standard InChI is InChI=1S/C25H35N5O2.HI/c1-6-18(3)29-23(31)22-10-8-9-20(15-22)17-28-25(26-7-2)27-16-19-11-13-21(14-12-19)24(32)30(4)5;/h8-15,18H,6-7,16-17H2,1-5H3,(H,29,31)(H2,26,27,28);1H. The molecule has 0 bridgehead atoms. The fourth-order valence-corrected chi connectivity index (χ4v) is 2.94. The lowest BCUT2D eigenvalue weighted by molar-refractivity contribution is 0.0827. The van der Waals surface area contributed by atoms with Crippen LogP contribution in [0.5, 0.6) is 0 Å². The van der Waals surface area contributed by atoms with Gasteiger partial charge in [-0.1, -0.05) is 31.2 Å². The van der Waals surface area contributed by atoms with Crippen molar-refractivity contribution in [2.75, 3.05) is 20.6 Å². The first-order chi connectivity index (χ1) is 15.3. The van der Waals surface area contributed by atoms with Crippen molar-refractivity contribution in [2.24, 2.45) is 4.99 Å². The Morgan fingerprint density at radius 3 is 2.27 bits per heavy atom. The van der Waals surface area contributed by atoms with Crippen LogP contribution in [-0.4, -0.2) is 49.4 Å². The van der Waals surface area contributed by atoms with Gasteiger partial charge in [0, 0.05) is 44.4 Å². The SMILES string of the molecule is CCNC(=NCc1cccc(C(=O)NC(C)CC)c1)NCc1ccc(C(=O)N(C)C)cc1.I. The number of hydrogen-bond donors (Lipinski definition) is 3. The Bertz CT molecular complexity index is 929. The first-order valence-corrected chi connectivity index (χ1v) is 11.1. The molecule has 0 aliphatic heterocycles. The summed E-state index contributed by atoms with van der Waals surface area (Å²) in [6.45, 7) is 7.82. The van der Waals surface area contributed by atoms with Crippen LogP contribution in [0.15, 0.2) is 53.5 Å². The van der Waals surface area contributed by atoms with Crippen LogP contribution in [0.3, 0.4) is 0 Å². The van der Waals surface area contributed by atoms with E-state index in [9.17, 15) is 9.59 Å². The van der Waals surface area contributed by atoms with Crippen LogP contribution in [0, 0.1) is 0 Å². The van der Waals surface area contributed by atoms with Gasteiger partial charge in [0.25, 0.3) is 11.8 Å². The quantitative estimate of drug-likeness (QED) is 0.246. The highest BCUT2D eigenvalue weighted by atomic mass is 127. The van der Waals surface area contributed by atoms with Gasteiger partial charge in [-0.25, -0.2) is 4.99 Å². The van der Waals surface area contributed by atoms with Gasteiger partial charge in [-0.3, -0.25) is 9.59 Å². The molecule has 2 aromatic carbocycles. The van der Waals surface area contributed by atoms with E-state index in [-0.39, 0.29) is 41.8 Å². The summed E-state index contributed by atoms with van der Waals surface area (Å²) in [5, 5.41) is 9.54. The normalized spacial score (nSPS) is 11.7. The monoisotopic (exact) mass is 565 g/mol. The summed E-state index contributed by atoms with van der Waals surface area (Å²) in [6.07, 6.45) is 0.891. The molecule has 8 heteroatoms. The summed E-state index contributed by atoms with van der Waals surface area (Å²) < 4.78 is 0. The molecule has 7 nitrogen and oxygen atoms in total. The van der Waals surface area contributed by atoms with Crippen molar-refractivity contribution in [3.63, 3.8) is 0 Å². The van der Waals surface area contributed by atoms with Gasteiger partial charge >= 0.3 is 0 Å². The summed E-state index contributed by atoms with van der Waals surface area (Å²) in [5.41, 5.74) is 3.32. The number of halogens is 1. The minimum Gasteiger partial charge on any atom is -0.357 e. The fourth-order valence-electron chi connectivity index (χ4n) is 2.94. The number of rotatable bonds is 9. The number of nitrogens with one attached hydrogen (secondary N) is 3. The molecule has 3 N–H and O–H groups in total. The van der Waals surface area contributed by atoms with Crippen LogP contribution in [0.4, 0.5) is 0 Å². The van der Waals surface area contributed by atoms with Crippen molar-refractivity contribution in [3.05, 3.63) is 70.8 Å². The van der Waals surface area contributed by atoms with E-state index < -0.39 is 0 Å². The molecule has 0 aromatic heterocycles. The first-order valence-electron chi connectivity index (χ1n) is 11.1. The number of nitrogens with zero attached hydrogens (tertiary/aromatic N) is 2. The van der Waals surface area contributed by atoms with Crippen molar-refractivity contribution >= 4 is 41.8 Å². The number of carbonyl (C=O) groups excluding carboxylic acids is 2. The smallest absolute Gasteiger partial charge is 0.253 e. The van der Waals surface area contributed by atoms with Gasteiger partial charge in [0.15, 0.2) is 5.96 Å². The van der Waals surface area contributed by atoms with Gasteiger partial charge in [-0.05, 0) is 55.7 Å². The molecule has 0 saturated heterocycles. The third-order valence-electron chi connectivity index (χ3n) is 5.01. The molecule has 2 aromatic rings.